The van der Waals surface area contributed by atoms with Crippen molar-refractivity contribution in [2.45, 2.75) is 0 Å². The molecule has 0 aliphatic heterocycles. The first-order valence-electron chi connectivity index (χ1n) is 8.63. The molecular weight excluding hydrogens is 332 g/mol. The van der Waals surface area contributed by atoms with E-state index in [2.05, 4.69) is 22.4 Å². The van der Waals surface area contributed by atoms with Gasteiger partial charge in [-0.15, -0.1) is 0 Å². The fourth-order valence-electron chi connectivity index (χ4n) is 2.12. The summed E-state index contributed by atoms with van der Waals surface area (Å²) in [4.78, 5) is 4.29. The molecule has 6 heteroatoms. The number of nitrogens with zero attached hydrogens (tertiary/aromatic N) is 1. The van der Waals surface area contributed by atoms with Gasteiger partial charge in [0.15, 0.2) is 0 Å². The lowest BCUT2D eigenvalue weighted by atomic mass is 10.1. The van der Waals surface area contributed by atoms with Gasteiger partial charge in [-0.2, -0.15) is 0 Å². The Morgan fingerprint density at radius 2 is 1.54 bits per heavy atom. The van der Waals surface area contributed by atoms with Crippen LogP contribution in [0.25, 0.3) is 12.2 Å². The van der Waals surface area contributed by atoms with E-state index in [0.29, 0.717) is 38.9 Å². The Labute approximate surface area is 154 Å². The molecule has 0 radical (unpaired) electrons. The number of aliphatic hydroxyl groups is 1. The molecule has 26 heavy (non-hydrogen) atoms. The van der Waals surface area contributed by atoms with Gasteiger partial charge in [-0.1, -0.05) is 24.3 Å². The maximum absolute atomic E-state index is 8.56. The van der Waals surface area contributed by atoms with Crippen LogP contribution in [-0.2, 0) is 9.47 Å². The molecule has 1 aromatic carbocycles. The monoisotopic (exact) mass is 358 g/mol. The number of hydrogen-bond acceptors (Lipinski definition) is 6. The van der Waals surface area contributed by atoms with Crippen LogP contribution in [0.2, 0.25) is 0 Å². The zero-order valence-corrected chi connectivity index (χ0v) is 15.1. The number of nitrogens with one attached hydrogen (secondary N) is 1. The van der Waals surface area contributed by atoms with Crippen molar-refractivity contribution in [3.05, 3.63) is 53.7 Å². The Hall–Kier alpha value is -2.41. The van der Waals surface area contributed by atoms with Crippen molar-refractivity contribution in [3.8, 4) is 5.88 Å². The van der Waals surface area contributed by atoms with Gasteiger partial charge in [-0.05, 0) is 29.3 Å². The Balaban J connectivity index is 1.68. The van der Waals surface area contributed by atoms with Crippen LogP contribution in [0.15, 0.2) is 42.6 Å². The summed E-state index contributed by atoms with van der Waals surface area (Å²) < 4.78 is 16.0. The standard InChI is InChI=1S/C20H26N2O4/c1-21-19-7-4-17(5-8-19)2-3-18-6-9-20(22-16-18)26-15-14-25-13-12-24-11-10-23/h2-9,16,21,23H,10-15H2,1H3. The van der Waals surface area contributed by atoms with E-state index in [1.54, 1.807) is 6.20 Å². The van der Waals surface area contributed by atoms with Gasteiger partial charge in [0.2, 0.25) is 5.88 Å². The summed E-state index contributed by atoms with van der Waals surface area (Å²) in [7, 11) is 1.90. The fourth-order valence-corrected chi connectivity index (χ4v) is 2.12. The molecule has 0 bridgehead atoms. The minimum Gasteiger partial charge on any atom is -0.475 e. The molecule has 6 nitrogen and oxygen atoms in total. The maximum Gasteiger partial charge on any atom is 0.213 e. The van der Waals surface area contributed by atoms with Crippen LogP contribution in [0, 0.1) is 0 Å². The first-order valence-corrected chi connectivity index (χ1v) is 8.63. The second-order valence-electron chi connectivity index (χ2n) is 5.43. The van der Waals surface area contributed by atoms with Gasteiger partial charge in [0.25, 0.3) is 0 Å². The minimum absolute atomic E-state index is 0.0303. The van der Waals surface area contributed by atoms with Crippen molar-refractivity contribution in [2.24, 2.45) is 0 Å². The second kappa shape index (κ2) is 12.0. The molecule has 0 fully saturated rings. The lowest BCUT2D eigenvalue weighted by Gasteiger charge is -2.07. The van der Waals surface area contributed by atoms with Crippen molar-refractivity contribution in [3.63, 3.8) is 0 Å². The highest BCUT2D eigenvalue weighted by atomic mass is 16.5. The molecule has 0 saturated heterocycles. The normalized spacial score (nSPS) is 11.0. The summed E-state index contributed by atoms with van der Waals surface area (Å²) >= 11 is 0. The summed E-state index contributed by atoms with van der Waals surface area (Å²) in [5.74, 6) is 0.570. The Bertz CT molecular complexity index is 642. The molecule has 1 aromatic heterocycles. The van der Waals surface area contributed by atoms with Crippen molar-refractivity contribution >= 4 is 17.8 Å². The minimum atomic E-state index is 0.0303. The van der Waals surface area contributed by atoms with E-state index in [1.807, 2.05) is 43.5 Å². The third-order valence-corrected chi connectivity index (χ3v) is 3.51. The topological polar surface area (TPSA) is 72.8 Å². The van der Waals surface area contributed by atoms with E-state index in [0.717, 1.165) is 16.8 Å². The Morgan fingerprint density at radius 3 is 2.19 bits per heavy atom. The van der Waals surface area contributed by atoms with Gasteiger partial charge in [0.1, 0.15) is 6.61 Å². The van der Waals surface area contributed by atoms with Crippen LogP contribution in [0.3, 0.4) is 0 Å². The number of benzene rings is 1. The van der Waals surface area contributed by atoms with Gasteiger partial charge in [0.05, 0.1) is 33.0 Å². The highest BCUT2D eigenvalue weighted by Gasteiger charge is 1.96. The van der Waals surface area contributed by atoms with Crippen molar-refractivity contribution < 1.29 is 19.3 Å². The molecule has 140 valence electrons. The predicted octanol–water partition coefficient (Wildman–Crippen LogP) is 2.70. The lowest BCUT2D eigenvalue weighted by Crippen LogP contribution is -2.12. The van der Waals surface area contributed by atoms with E-state index in [4.69, 9.17) is 19.3 Å². The average molecular weight is 358 g/mol. The van der Waals surface area contributed by atoms with E-state index < -0.39 is 0 Å². The molecule has 0 saturated carbocycles. The van der Waals surface area contributed by atoms with Crippen molar-refractivity contribution in [2.75, 3.05) is 52.0 Å². The van der Waals surface area contributed by atoms with E-state index in [-0.39, 0.29) is 6.61 Å². The number of pyridine rings is 1. The molecule has 2 aromatic rings. The van der Waals surface area contributed by atoms with Crippen LogP contribution in [0.5, 0.6) is 5.88 Å². The molecule has 0 aliphatic carbocycles. The number of hydrogen-bond donors (Lipinski definition) is 2. The number of aromatic nitrogens is 1. The van der Waals surface area contributed by atoms with Gasteiger partial charge in [-0.3, -0.25) is 0 Å². The van der Waals surface area contributed by atoms with E-state index in [1.165, 1.54) is 0 Å². The largest absolute Gasteiger partial charge is 0.475 e. The lowest BCUT2D eigenvalue weighted by molar-refractivity contribution is 0.0243. The van der Waals surface area contributed by atoms with E-state index >= 15 is 0 Å². The van der Waals surface area contributed by atoms with Crippen LogP contribution in [0.4, 0.5) is 5.69 Å². The smallest absolute Gasteiger partial charge is 0.213 e. The quantitative estimate of drug-likeness (QED) is 0.569. The van der Waals surface area contributed by atoms with Crippen LogP contribution in [0.1, 0.15) is 11.1 Å². The second-order valence-corrected chi connectivity index (χ2v) is 5.43. The molecule has 0 amide bonds. The van der Waals surface area contributed by atoms with Gasteiger partial charge in [-0.25, -0.2) is 4.98 Å². The molecule has 1 heterocycles. The zero-order valence-electron chi connectivity index (χ0n) is 15.1. The molecule has 2 N–H and O–H groups in total. The summed E-state index contributed by atoms with van der Waals surface area (Å²) in [6, 6.07) is 12.0. The first kappa shape index (κ1) is 19.9. The first-order chi connectivity index (χ1) is 12.8. The molecule has 2 rings (SSSR count). The third-order valence-electron chi connectivity index (χ3n) is 3.51. The van der Waals surface area contributed by atoms with Gasteiger partial charge in [0, 0.05) is 25.0 Å². The summed E-state index contributed by atoms with van der Waals surface area (Å²) in [5, 5.41) is 11.7. The summed E-state index contributed by atoms with van der Waals surface area (Å²) in [5.41, 5.74) is 3.23. The summed E-state index contributed by atoms with van der Waals surface area (Å²) in [6.07, 6.45) is 5.84. The number of ether oxygens (including phenoxy) is 3. The molecule has 0 atom stereocenters. The van der Waals surface area contributed by atoms with Crippen LogP contribution in [-0.4, -0.2) is 56.8 Å². The number of aliphatic hydroxyl groups excluding tert-OH is 1. The fraction of sp³-hybridized carbons (Fsp3) is 0.350. The van der Waals surface area contributed by atoms with Crippen LogP contribution < -0.4 is 10.1 Å². The van der Waals surface area contributed by atoms with Crippen molar-refractivity contribution in [1.29, 1.82) is 0 Å². The van der Waals surface area contributed by atoms with Crippen LogP contribution >= 0.6 is 0 Å². The maximum atomic E-state index is 8.56. The third kappa shape index (κ3) is 7.65. The Kier molecular flexibility index (Phi) is 9.21. The number of anilines is 1. The highest BCUT2D eigenvalue weighted by molar-refractivity contribution is 5.70. The van der Waals surface area contributed by atoms with Gasteiger partial charge < -0.3 is 24.6 Å². The highest BCUT2D eigenvalue weighted by Crippen LogP contribution is 2.13. The van der Waals surface area contributed by atoms with Crippen molar-refractivity contribution in [1.82, 2.24) is 4.98 Å². The predicted molar refractivity (Wildman–Crippen MR) is 103 cm³/mol. The Morgan fingerprint density at radius 1 is 0.885 bits per heavy atom. The SMILES string of the molecule is CNc1ccc(C=Cc2ccc(OCCOCCOCCO)nc2)cc1. The molecule has 0 spiro atoms. The molecule has 0 unspecified atom stereocenters. The summed E-state index contributed by atoms with van der Waals surface area (Å²) in [6.45, 7) is 2.22. The average Bonchev–Trinajstić information content (AvgIpc) is 2.69. The van der Waals surface area contributed by atoms with Gasteiger partial charge >= 0.3 is 0 Å². The zero-order chi connectivity index (χ0) is 18.5. The molecular formula is C20H26N2O4. The molecule has 0 aliphatic rings. The number of rotatable bonds is 12. The van der Waals surface area contributed by atoms with E-state index in [9.17, 15) is 0 Å².